The summed E-state index contributed by atoms with van der Waals surface area (Å²) in [4.78, 5) is 47.0. The molecule has 0 aliphatic rings. The maximum absolute atomic E-state index is 13.8. The minimum absolute atomic E-state index is 0.135. The van der Waals surface area contributed by atoms with Gasteiger partial charge in [-0.05, 0) is 11.6 Å². The van der Waals surface area contributed by atoms with Gasteiger partial charge in [0, 0.05) is 13.3 Å². The molecule has 2 N–H and O–H groups in total. The van der Waals surface area contributed by atoms with Gasteiger partial charge in [-0.3, -0.25) is 14.4 Å². The number of halogens is 1. The molecular weight excluding hydrogens is 347 g/mol. The Morgan fingerprint density at radius 1 is 1.04 bits per heavy atom. The van der Waals surface area contributed by atoms with Gasteiger partial charge >= 0.3 is 11.9 Å². The van der Waals surface area contributed by atoms with E-state index in [1.807, 2.05) is 0 Å². The molecule has 1 rings (SSSR count). The predicted octanol–water partition coefficient (Wildman–Crippen LogP) is 0.0938. The number of rotatable bonds is 8. The highest BCUT2D eigenvalue weighted by Gasteiger charge is 2.29. The minimum Gasteiger partial charge on any atom is -0.469 e. The lowest BCUT2D eigenvalue weighted by molar-refractivity contribution is -0.151. The van der Waals surface area contributed by atoms with Crippen LogP contribution in [0.3, 0.4) is 0 Å². The lowest BCUT2D eigenvalue weighted by Crippen LogP contribution is -2.53. The molecule has 0 aromatic heterocycles. The summed E-state index contributed by atoms with van der Waals surface area (Å²) in [6, 6.07) is 3.35. The Labute approximate surface area is 150 Å². The maximum Gasteiger partial charge on any atom is 0.328 e. The fourth-order valence-corrected chi connectivity index (χ4v) is 2.20. The van der Waals surface area contributed by atoms with Crippen LogP contribution in [0.2, 0.25) is 0 Å². The van der Waals surface area contributed by atoms with E-state index in [1.165, 1.54) is 25.1 Å². The highest BCUT2D eigenvalue weighted by Crippen LogP contribution is 2.10. The average Bonchev–Trinajstić information content (AvgIpc) is 2.60. The molecule has 1 aromatic carbocycles. The molecule has 0 spiro atoms. The average molecular weight is 368 g/mol. The number of methoxy groups -OCH3 is 2. The second kappa shape index (κ2) is 10.1. The van der Waals surface area contributed by atoms with Crippen LogP contribution < -0.4 is 10.6 Å². The lowest BCUT2D eigenvalue weighted by atomic mass is 10.0. The fourth-order valence-electron chi connectivity index (χ4n) is 2.20. The Balaban J connectivity index is 2.95. The molecule has 0 aliphatic heterocycles. The Morgan fingerprint density at radius 3 is 2.23 bits per heavy atom. The highest BCUT2D eigenvalue weighted by molar-refractivity contribution is 5.92. The summed E-state index contributed by atoms with van der Waals surface area (Å²) in [5.74, 6) is -3.39. The first-order valence-corrected chi connectivity index (χ1v) is 7.74. The van der Waals surface area contributed by atoms with Gasteiger partial charge in [-0.25, -0.2) is 9.18 Å². The standard InChI is InChI=1S/C17H21FN2O6/c1-10(21)19-13(8-11-6-4-5-7-12(11)18)16(23)20-14(17(24)26-3)9-15(22)25-2/h4-7,13-14H,8-9H2,1-3H3,(H,19,21)(H,20,23)/t13-,14-/m1/s1. The predicted molar refractivity (Wildman–Crippen MR) is 88.3 cm³/mol. The molecule has 9 heteroatoms. The van der Waals surface area contributed by atoms with Crippen LogP contribution in [0, 0.1) is 5.82 Å². The van der Waals surface area contributed by atoms with E-state index in [9.17, 15) is 23.6 Å². The van der Waals surface area contributed by atoms with Crippen molar-refractivity contribution in [1.29, 1.82) is 0 Å². The molecule has 2 amide bonds. The van der Waals surface area contributed by atoms with E-state index >= 15 is 0 Å². The summed E-state index contributed by atoms with van der Waals surface area (Å²) in [6.07, 6.45) is -0.578. The van der Waals surface area contributed by atoms with E-state index in [1.54, 1.807) is 6.07 Å². The molecule has 1 aromatic rings. The van der Waals surface area contributed by atoms with Crippen LogP contribution in [0.15, 0.2) is 24.3 Å². The van der Waals surface area contributed by atoms with Crippen LogP contribution in [0.5, 0.6) is 0 Å². The Hall–Kier alpha value is -2.97. The smallest absolute Gasteiger partial charge is 0.328 e. The van der Waals surface area contributed by atoms with Crippen LogP contribution >= 0.6 is 0 Å². The number of esters is 2. The first-order valence-electron chi connectivity index (χ1n) is 7.74. The van der Waals surface area contributed by atoms with Gasteiger partial charge in [0.05, 0.1) is 20.6 Å². The van der Waals surface area contributed by atoms with Crippen LogP contribution in [0.4, 0.5) is 4.39 Å². The minimum atomic E-state index is -1.29. The zero-order valence-electron chi connectivity index (χ0n) is 14.7. The molecule has 8 nitrogen and oxygen atoms in total. The largest absolute Gasteiger partial charge is 0.469 e. The zero-order valence-corrected chi connectivity index (χ0v) is 14.7. The van der Waals surface area contributed by atoms with E-state index in [0.29, 0.717) is 0 Å². The summed E-state index contributed by atoms with van der Waals surface area (Å²) < 4.78 is 22.9. The van der Waals surface area contributed by atoms with Crippen molar-refractivity contribution in [3.63, 3.8) is 0 Å². The number of hydrogen-bond donors (Lipinski definition) is 2. The van der Waals surface area contributed by atoms with Crippen molar-refractivity contribution < 1.29 is 33.0 Å². The number of nitrogens with one attached hydrogen (secondary N) is 2. The van der Waals surface area contributed by atoms with E-state index in [4.69, 9.17) is 0 Å². The first kappa shape index (κ1) is 21.1. The van der Waals surface area contributed by atoms with E-state index in [-0.39, 0.29) is 12.0 Å². The summed E-state index contributed by atoms with van der Waals surface area (Å²) in [5, 5.41) is 4.73. The molecule has 0 bridgehead atoms. The van der Waals surface area contributed by atoms with Gasteiger partial charge in [0.1, 0.15) is 17.9 Å². The summed E-state index contributed by atoms with van der Waals surface area (Å²) >= 11 is 0. The van der Waals surface area contributed by atoms with E-state index in [0.717, 1.165) is 14.2 Å². The Kier molecular flexibility index (Phi) is 8.20. The van der Waals surface area contributed by atoms with Crippen LogP contribution in [-0.4, -0.2) is 50.1 Å². The molecule has 0 radical (unpaired) electrons. The third-order valence-electron chi connectivity index (χ3n) is 3.48. The molecule has 142 valence electrons. The van der Waals surface area contributed by atoms with Gasteiger partial charge in [0.25, 0.3) is 0 Å². The second-order valence-electron chi connectivity index (χ2n) is 5.41. The molecule has 26 heavy (non-hydrogen) atoms. The van der Waals surface area contributed by atoms with Crippen molar-refractivity contribution in [2.45, 2.75) is 31.8 Å². The normalized spacial score (nSPS) is 12.5. The summed E-state index contributed by atoms with van der Waals surface area (Å²) in [5.41, 5.74) is 0.212. The monoisotopic (exact) mass is 368 g/mol. The number of carbonyl (C=O) groups is 4. The van der Waals surface area contributed by atoms with Gasteiger partial charge in [0.2, 0.25) is 11.8 Å². The van der Waals surface area contributed by atoms with Gasteiger partial charge in [-0.15, -0.1) is 0 Å². The van der Waals surface area contributed by atoms with Crippen LogP contribution in [-0.2, 0) is 35.1 Å². The van der Waals surface area contributed by atoms with Crippen molar-refractivity contribution in [2.75, 3.05) is 14.2 Å². The third-order valence-corrected chi connectivity index (χ3v) is 3.48. The molecule has 0 unspecified atom stereocenters. The highest BCUT2D eigenvalue weighted by atomic mass is 19.1. The molecule has 2 atom stereocenters. The topological polar surface area (TPSA) is 111 Å². The number of carbonyl (C=O) groups excluding carboxylic acids is 4. The van der Waals surface area contributed by atoms with E-state index < -0.39 is 48.1 Å². The molecule has 0 fully saturated rings. The number of amides is 2. The van der Waals surface area contributed by atoms with E-state index in [2.05, 4.69) is 20.1 Å². The zero-order chi connectivity index (χ0) is 19.7. The number of ether oxygens (including phenoxy) is 2. The van der Waals surface area contributed by atoms with Crippen molar-refractivity contribution in [3.8, 4) is 0 Å². The van der Waals surface area contributed by atoms with Crippen molar-refractivity contribution in [1.82, 2.24) is 10.6 Å². The molecule has 0 aliphatic carbocycles. The third kappa shape index (κ3) is 6.50. The fraction of sp³-hybridized carbons (Fsp3) is 0.412. The number of benzene rings is 1. The quantitative estimate of drug-likeness (QED) is 0.630. The van der Waals surface area contributed by atoms with Crippen molar-refractivity contribution >= 4 is 23.8 Å². The van der Waals surface area contributed by atoms with Gasteiger partial charge in [-0.1, -0.05) is 18.2 Å². The van der Waals surface area contributed by atoms with Gasteiger partial charge < -0.3 is 20.1 Å². The summed E-state index contributed by atoms with van der Waals surface area (Å²) in [6.45, 7) is 1.20. The molecule has 0 saturated carbocycles. The number of hydrogen-bond acceptors (Lipinski definition) is 6. The Morgan fingerprint density at radius 2 is 1.69 bits per heavy atom. The van der Waals surface area contributed by atoms with Gasteiger partial charge in [0.15, 0.2) is 0 Å². The van der Waals surface area contributed by atoms with Gasteiger partial charge in [-0.2, -0.15) is 0 Å². The Bertz CT molecular complexity index is 679. The van der Waals surface area contributed by atoms with Crippen molar-refractivity contribution in [3.05, 3.63) is 35.6 Å². The maximum atomic E-state index is 13.8. The lowest BCUT2D eigenvalue weighted by Gasteiger charge is -2.21. The molecule has 0 saturated heterocycles. The summed E-state index contributed by atoms with van der Waals surface area (Å²) in [7, 11) is 2.24. The first-order chi connectivity index (χ1) is 12.3. The molecular formula is C17H21FN2O6. The SMILES string of the molecule is COC(=O)C[C@@H](NC(=O)[C@@H](Cc1ccccc1F)NC(C)=O)C(=O)OC. The van der Waals surface area contributed by atoms with Crippen LogP contribution in [0.25, 0.3) is 0 Å². The second-order valence-corrected chi connectivity index (χ2v) is 5.41. The van der Waals surface area contributed by atoms with Crippen LogP contribution in [0.1, 0.15) is 18.9 Å². The van der Waals surface area contributed by atoms with Crippen molar-refractivity contribution in [2.24, 2.45) is 0 Å². The molecule has 0 heterocycles.